The molecule has 1 aliphatic heterocycles. The highest BCUT2D eigenvalue weighted by atomic mass is 16.3. The molecule has 0 bridgehead atoms. The number of aryl methyl sites for hydroxylation is 1. The molecule has 0 saturated carbocycles. The summed E-state index contributed by atoms with van der Waals surface area (Å²) in [6, 6.07) is 6.06. The molecular weight excluding hydrogens is 366 g/mol. The highest BCUT2D eigenvalue weighted by Crippen LogP contribution is 2.25. The lowest BCUT2D eigenvalue weighted by atomic mass is 10.1. The van der Waals surface area contributed by atoms with Gasteiger partial charge in [0.05, 0.1) is 29.8 Å². The highest BCUT2D eigenvalue weighted by molar-refractivity contribution is 5.98. The fraction of sp³-hybridized carbons (Fsp3) is 0.500. The number of amides is 1. The summed E-state index contributed by atoms with van der Waals surface area (Å²) in [6.45, 7) is 8.58. The molecule has 3 aromatic rings. The zero-order valence-electron chi connectivity index (χ0n) is 17.4. The lowest BCUT2D eigenvalue weighted by Crippen LogP contribution is -2.40. The summed E-state index contributed by atoms with van der Waals surface area (Å²) in [5.74, 6) is 0.790. The number of carbonyl (C=O) groups excluding carboxylic acids is 1. The molecule has 154 valence electrons. The third-order valence-corrected chi connectivity index (χ3v) is 5.65. The minimum atomic E-state index is -0.109. The fourth-order valence-electron chi connectivity index (χ4n) is 4.08. The summed E-state index contributed by atoms with van der Waals surface area (Å²) in [4.78, 5) is 20.0. The second-order valence-corrected chi connectivity index (χ2v) is 8.05. The quantitative estimate of drug-likeness (QED) is 0.686. The number of nitrogens with zero attached hydrogens (tertiary/aromatic N) is 4. The summed E-state index contributed by atoms with van der Waals surface area (Å²) in [5.41, 5.74) is 2.12. The zero-order chi connectivity index (χ0) is 20.4. The van der Waals surface area contributed by atoms with Crippen molar-refractivity contribution in [2.45, 2.75) is 52.1 Å². The molecule has 1 aliphatic rings. The van der Waals surface area contributed by atoms with E-state index in [0.29, 0.717) is 17.8 Å². The molecule has 1 unspecified atom stereocenters. The van der Waals surface area contributed by atoms with Gasteiger partial charge < -0.3 is 9.73 Å². The van der Waals surface area contributed by atoms with Gasteiger partial charge in [0, 0.05) is 18.0 Å². The Hall–Kier alpha value is -2.67. The van der Waals surface area contributed by atoms with Gasteiger partial charge in [0.2, 0.25) is 0 Å². The van der Waals surface area contributed by atoms with Crippen molar-refractivity contribution >= 4 is 16.9 Å². The monoisotopic (exact) mass is 395 g/mol. The average Bonchev–Trinajstić information content (AvgIpc) is 3.38. The Morgan fingerprint density at radius 3 is 2.76 bits per heavy atom. The molecule has 0 aromatic carbocycles. The van der Waals surface area contributed by atoms with Crippen molar-refractivity contribution in [2.75, 3.05) is 19.6 Å². The lowest BCUT2D eigenvalue weighted by Gasteiger charge is -2.33. The highest BCUT2D eigenvalue weighted by Gasteiger charge is 2.25. The third-order valence-electron chi connectivity index (χ3n) is 5.65. The molecule has 1 saturated heterocycles. The van der Waals surface area contributed by atoms with Crippen LogP contribution in [-0.4, -0.2) is 45.2 Å². The maximum atomic E-state index is 13.0. The summed E-state index contributed by atoms with van der Waals surface area (Å²) in [5, 5.41) is 8.40. The number of rotatable bonds is 6. The van der Waals surface area contributed by atoms with Gasteiger partial charge in [-0.2, -0.15) is 5.10 Å². The number of furan rings is 1. The van der Waals surface area contributed by atoms with Gasteiger partial charge in [-0.1, -0.05) is 6.42 Å². The van der Waals surface area contributed by atoms with Crippen LogP contribution in [0.2, 0.25) is 0 Å². The van der Waals surface area contributed by atoms with E-state index in [1.54, 1.807) is 12.5 Å². The van der Waals surface area contributed by atoms with E-state index in [-0.39, 0.29) is 18.0 Å². The normalized spacial score (nSPS) is 16.4. The molecule has 29 heavy (non-hydrogen) atoms. The molecule has 0 aliphatic carbocycles. The third kappa shape index (κ3) is 4.05. The van der Waals surface area contributed by atoms with Crippen LogP contribution in [0.15, 0.2) is 35.1 Å². The summed E-state index contributed by atoms with van der Waals surface area (Å²) >= 11 is 0. The number of nitrogens with one attached hydrogen (secondary N) is 1. The van der Waals surface area contributed by atoms with Crippen LogP contribution in [0.1, 0.15) is 67.0 Å². The zero-order valence-corrected chi connectivity index (χ0v) is 17.4. The molecule has 3 aromatic heterocycles. The number of piperidine rings is 1. The molecule has 4 heterocycles. The number of likely N-dealkylation sites (tertiary alicyclic amines) is 1. The van der Waals surface area contributed by atoms with Gasteiger partial charge in [-0.3, -0.25) is 9.69 Å². The number of fused-ring (bicyclic) bond motifs is 1. The predicted octanol–water partition coefficient (Wildman–Crippen LogP) is 3.87. The van der Waals surface area contributed by atoms with Gasteiger partial charge in [-0.05, 0) is 64.9 Å². The van der Waals surface area contributed by atoms with Crippen LogP contribution in [0.5, 0.6) is 0 Å². The minimum Gasteiger partial charge on any atom is -0.468 e. The van der Waals surface area contributed by atoms with E-state index < -0.39 is 0 Å². The van der Waals surface area contributed by atoms with Crippen molar-refractivity contribution in [1.82, 2.24) is 25.0 Å². The minimum absolute atomic E-state index is 0.0509. The van der Waals surface area contributed by atoms with Crippen LogP contribution < -0.4 is 5.32 Å². The lowest BCUT2D eigenvalue weighted by molar-refractivity contribution is 0.0913. The molecule has 1 N–H and O–H groups in total. The van der Waals surface area contributed by atoms with Crippen LogP contribution in [0.4, 0.5) is 0 Å². The Kier molecular flexibility index (Phi) is 5.67. The largest absolute Gasteiger partial charge is 0.468 e. The molecule has 4 rings (SSSR count). The van der Waals surface area contributed by atoms with Gasteiger partial charge in [-0.25, -0.2) is 9.67 Å². The van der Waals surface area contributed by atoms with Crippen LogP contribution in [0.25, 0.3) is 11.0 Å². The van der Waals surface area contributed by atoms with Crippen LogP contribution in [0, 0.1) is 6.92 Å². The Morgan fingerprint density at radius 1 is 1.28 bits per heavy atom. The molecule has 7 heteroatoms. The Labute approximate surface area is 171 Å². The van der Waals surface area contributed by atoms with E-state index in [2.05, 4.69) is 34.1 Å². The molecular formula is C22H29N5O2. The predicted molar refractivity (Wildman–Crippen MR) is 112 cm³/mol. The molecule has 0 radical (unpaired) electrons. The van der Waals surface area contributed by atoms with Crippen molar-refractivity contribution < 1.29 is 9.21 Å². The van der Waals surface area contributed by atoms with Gasteiger partial charge >= 0.3 is 0 Å². The topological polar surface area (TPSA) is 76.2 Å². The van der Waals surface area contributed by atoms with Gasteiger partial charge in [0.15, 0.2) is 5.65 Å². The summed E-state index contributed by atoms with van der Waals surface area (Å²) in [6.07, 6.45) is 7.11. The van der Waals surface area contributed by atoms with Crippen molar-refractivity contribution in [3.8, 4) is 0 Å². The maximum absolute atomic E-state index is 13.0. The number of aromatic nitrogens is 3. The van der Waals surface area contributed by atoms with E-state index in [0.717, 1.165) is 29.9 Å². The molecule has 7 nitrogen and oxygen atoms in total. The summed E-state index contributed by atoms with van der Waals surface area (Å²) < 4.78 is 7.56. The number of pyridine rings is 1. The van der Waals surface area contributed by atoms with Crippen LogP contribution in [0.3, 0.4) is 0 Å². The van der Waals surface area contributed by atoms with Crippen molar-refractivity contribution in [3.63, 3.8) is 0 Å². The number of hydrogen-bond acceptors (Lipinski definition) is 5. The van der Waals surface area contributed by atoms with Crippen molar-refractivity contribution in [1.29, 1.82) is 0 Å². The Morgan fingerprint density at radius 2 is 2.07 bits per heavy atom. The second-order valence-electron chi connectivity index (χ2n) is 8.05. The van der Waals surface area contributed by atoms with Crippen molar-refractivity contribution in [2.24, 2.45) is 0 Å². The first-order chi connectivity index (χ1) is 14.0. The first-order valence-corrected chi connectivity index (χ1v) is 10.4. The van der Waals surface area contributed by atoms with Crippen LogP contribution >= 0.6 is 0 Å². The maximum Gasteiger partial charge on any atom is 0.253 e. The smallest absolute Gasteiger partial charge is 0.253 e. The first-order valence-electron chi connectivity index (χ1n) is 10.4. The van der Waals surface area contributed by atoms with Gasteiger partial charge in [-0.15, -0.1) is 0 Å². The Balaban J connectivity index is 1.52. The van der Waals surface area contributed by atoms with E-state index in [1.165, 1.54) is 19.3 Å². The average molecular weight is 396 g/mol. The molecule has 1 fully saturated rings. The number of carbonyl (C=O) groups is 1. The molecule has 1 amide bonds. The SMILES string of the molecule is Cc1nc2c(cnn2C(C)C)cc1C(=O)NCC(c1ccco1)N1CCCCC1. The van der Waals surface area contributed by atoms with E-state index in [4.69, 9.17) is 4.42 Å². The molecule has 0 spiro atoms. The van der Waals surface area contributed by atoms with Crippen LogP contribution in [-0.2, 0) is 0 Å². The number of hydrogen-bond donors (Lipinski definition) is 1. The fourth-order valence-corrected chi connectivity index (χ4v) is 4.08. The Bertz CT molecular complexity index is 971. The van der Waals surface area contributed by atoms with E-state index in [1.807, 2.05) is 29.8 Å². The standard InChI is InChI=1S/C22H29N5O2/c1-15(2)27-21-17(13-24-27)12-18(16(3)25-21)22(28)23-14-19(20-8-7-11-29-20)26-9-5-4-6-10-26/h7-8,11-13,15,19H,4-6,9-10,14H2,1-3H3,(H,23,28). The second kappa shape index (κ2) is 8.37. The van der Waals surface area contributed by atoms with Gasteiger partial charge in [0.1, 0.15) is 5.76 Å². The van der Waals surface area contributed by atoms with Gasteiger partial charge in [0.25, 0.3) is 5.91 Å². The van der Waals surface area contributed by atoms with E-state index >= 15 is 0 Å². The summed E-state index contributed by atoms with van der Waals surface area (Å²) in [7, 11) is 0. The van der Waals surface area contributed by atoms with Crippen molar-refractivity contribution in [3.05, 3.63) is 47.7 Å². The first kappa shape index (κ1) is 19.6. The van der Waals surface area contributed by atoms with E-state index in [9.17, 15) is 4.79 Å². The molecule has 1 atom stereocenters.